The van der Waals surface area contributed by atoms with Gasteiger partial charge in [-0.05, 0) is 0 Å². The molecular weight excluding hydrogens is 124 g/mol. The highest BCUT2D eigenvalue weighted by Crippen LogP contribution is 1.95. The highest BCUT2D eigenvalue weighted by Gasteiger charge is 1.84. The van der Waals surface area contributed by atoms with Crippen LogP contribution in [-0.4, -0.2) is 12.2 Å². The van der Waals surface area contributed by atoms with Crippen molar-refractivity contribution >= 4 is 17.9 Å². The molecule has 44 valence electrons. The van der Waals surface area contributed by atoms with Gasteiger partial charge in [0.2, 0.25) is 12.1 Å². The molecule has 0 saturated carbocycles. The molecule has 0 spiro atoms. The van der Waals surface area contributed by atoms with Crippen molar-refractivity contribution in [3.05, 3.63) is 0 Å². The summed E-state index contributed by atoms with van der Waals surface area (Å²) in [7, 11) is 0. The number of nitrogens with zero attached hydrogens (tertiary/aromatic N) is 2. The fourth-order valence-corrected chi connectivity index (χ4v) is 0.488. The Balaban J connectivity index is 3.49. The van der Waals surface area contributed by atoms with Crippen molar-refractivity contribution in [2.75, 3.05) is 6.26 Å². The SMILES string of the molecule is CSOC(C)=NC#N. The van der Waals surface area contributed by atoms with Gasteiger partial charge in [-0.15, -0.1) is 4.99 Å². The molecule has 0 aromatic rings. The van der Waals surface area contributed by atoms with Crippen LogP contribution in [0.2, 0.25) is 0 Å². The molecule has 8 heavy (non-hydrogen) atoms. The lowest BCUT2D eigenvalue weighted by Gasteiger charge is -1.92. The summed E-state index contributed by atoms with van der Waals surface area (Å²) in [5.74, 6) is 0.389. The molecule has 0 fully saturated rings. The van der Waals surface area contributed by atoms with Crippen LogP contribution in [0.3, 0.4) is 0 Å². The predicted molar refractivity (Wildman–Crippen MR) is 33.3 cm³/mol. The van der Waals surface area contributed by atoms with Crippen LogP contribution in [-0.2, 0) is 4.18 Å². The first-order valence-corrected chi connectivity index (χ1v) is 3.10. The van der Waals surface area contributed by atoms with E-state index in [1.807, 2.05) is 0 Å². The van der Waals surface area contributed by atoms with Crippen molar-refractivity contribution in [2.24, 2.45) is 4.99 Å². The van der Waals surface area contributed by atoms with E-state index in [-0.39, 0.29) is 0 Å². The summed E-state index contributed by atoms with van der Waals surface area (Å²) in [6.07, 6.45) is 3.36. The van der Waals surface area contributed by atoms with E-state index in [9.17, 15) is 0 Å². The molecule has 0 aliphatic carbocycles. The Hall–Kier alpha value is -0.690. The Labute approximate surface area is 52.6 Å². The summed E-state index contributed by atoms with van der Waals surface area (Å²) < 4.78 is 4.73. The molecule has 0 amide bonds. The lowest BCUT2D eigenvalue weighted by molar-refractivity contribution is 0.644. The van der Waals surface area contributed by atoms with E-state index in [0.29, 0.717) is 5.90 Å². The second kappa shape index (κ2) is 4.47. The molecule has 0 bridgehead atoms. The van der Waals surface area contributed by atoms with Gasteiger partial charge in [-0.25, -0.2) is 0 Å². The molecule has 0 aromatic carbocycles. The van der Waals surface area contributed by atoms with Gasteiger partial charge in [-0.2, -0.15) is 5.26 Å². The summed E-state index contributed by atoms with van der Waals surface area (Å²) in [6.45, 7) is 1.62. The van der Waals surface area contributed by atoms with Gasteiger partial charge < -0.3 is 4.18 Å². The van der Waals surface area contributed by atoms with Crippen molar-refractivity contribution in [3.63, 3.8) is 0 Å². The van der Waals surface area contributed by atoms with Gasteiger partial charge in [0, 0.05) is 13.2 Å². The fourth-order valence-electron chi connectivity index (χ4n) is 0.210. The normalized spacial score (nSPS) is 10.4. The third-order valence-electron chi connectivity index (χ3n) is 0.411. The molecule has 0 heterocycles. The van der Waals surface area contributed by atoms with Crippen LogP contribution < -0.4 is 0 Å². The molecule has 4 heteroatoms. The first-order valence-electron chi connectivity index (χ1n) is 1.95. The largest absolute Gasteiger partial charge is 0.410 e. The Morgan fingerprint density at radius 2 is 2.50 bits per heavy atom. The highest BCUT2D eigenvalue weighted by molar-refractivity contribution is 7.94. The van der Waals surface area contributed by atoms with Crippen LogP contribution in [0.1, 0.15) is 6.92 Å². The monoisotopic (exact) mass is 130 g/mol. The third kappa shape index (κ3) is 3.50. The molecule has 0 aliphatic heterocycles. The molecule has 0 unspecified atom stereocenters. The topological polar surface area (TPSA) is 45.4 Å². The van der Waals surface area contributed by atoms with Crippen LogP contribution >= 0.6 is 12.0 Å². The maximum atomic E-state index is 7.94. The molecule has 0 atom stereocenters. The van der Waals surface area contributed by atoms with Gasteiger partial charge in [0.05, 0.1) is 12.0 Å². The van der Waals surface area contributed by atoms with Gasteiger partial charge in [0.15, 0.2) is 0 Å². The zero-order valence-corrected chi connectivity index (χ0v) is 5.53. The minimum Gasteiger partial charge on any atom is -0.410 e. The van der Waals surface area contributed by atoms with E-state index >= 15 is 0 Å². The van der Waals surface area contributed by atoms with Crippen molar-refractivity contribution in [1.82, 2.24) is 0 Å². The molecule has 0 aliphatic rings. The maximum absolute atomic E-state index is 7.94. The van der Waals surface area contributed by atoms with E-state index in [1.54, 1.807) is 19.4 Å². The van der Waals surface area contributed by atoms with Gasteiger partial charge in [-0.1, -0.05) is 0 Å². The van der Waals surface area contributed by atoms with Crippen molar-refractivity contribution in [1.29, 1.82) is 5.26 Å². The lowest BCUT2D eigenvalue weighted by Crippen LogP contribution is -1.88. The number of hydrogen-bond donors (Lipinski definition) is 0. The summed E-state index contributed by atoms with van der Waals surface area (Å²) in [6, 6.07) is 0. The van der Waals surface area contributed by atoms with Gasteiger partial charge in [0.1, 0.15) is 0 Å². The third-order valence-corrected chi connectivity index (χ3v) is 0.819. The van der Waals surface area contributed by atoms with Gasteiger partial charge in [0.25, 0.3) is 0 Å². The smallest absolute Gasteiger partial charge is 0.211 e. The average Bonchev–Trinajstić information content (AvgIpc) is 1.68. The number of aliphatic imine (C=N–C) groups is 1. The average molecular weight is 130 g/mol. The predicted octanol–water partition coefficient (Wildman–Crippen LogP) is 1.18. The molecule has 0 radical (unpaired) electrons. The zero-order chi connectivity index (χ0) is 6.41. The highest BCUT2D eigenvalue weighted by atomic mass is 32.2. The maximum Gasteiger partial charge on any atom is 0.211 e. The van der Waals surface area contributed by atoms with Gasteiger partial charge in [-0.3, -0.25) is 0 Å². The molecule has 0 rings (SSSR count). The zero-order valence-electron chi connectivity index (χ0n) is 4.71. The molecule has 0 saturated heterocycles. The summed E-state index contributed by atoms with van der Waals surface area (Å²) >= 11 is 1.17. The van der Waals surface area contributed by atoms with E-state index in [0.717, 1.165) is 0 Å². The number of hydrogen-bond acceptors (Lipinski definition) is 4. The first kappa shape index (κ1) is 7.31. The first-order chi connectivity index (χ1) is 3.81. The fraction of sp³-hybridized carbons (Fsp3) is 0.500. The van der Waals surface area contributed by atoms with Crippen LogP contribution in [0.4, 0.5) is 0 Å². The standard InChI is InChI=1S/C4H6N2OS/c1-4(6-3-5)7-8-2/h1-2H3. The molecule has 3 nitrogen and oxygen atoms in total. The van der Waals surface area contributed by atoms with E-state index in [4.69, 9.17) is 9.44 Å². The van der Waals surface area contributed by atoms with Crippen molar-refractivity contribution in [3.8, 4) is 6.19 Å². The Bertz CT molecular complexity index is 126. The number of rotatable bonds is 1. The second-order valence-electron chi connectivity index (χ2n) is 0.981. The summed E-state index contributed by atoms with van der Waals surface area (Å²) in [5, 5.41) is 7.94. The van der Waals surface area contributed by atoms with E-state index in [1.165, 1.54) is 12.0 Å². The molecule has 0 aromatic heterocycles. The Kier molecular flexibility index (Phi) is 4.08. The molecule has 0 N–H and O–H groups in total. The summed E-state index contributed by atoms with van der Waals surface area (Å²) in [4.78, 5) is 3.29. The Morgan fingerprint density at radius 3 is 2.88 bits per heavy atom. The quantitative estimate of drug-likeness (QED) is 0.232. The van der Waals surface area contributed by atoms with Crippen LogP contribution in [0.15, 0.2) is 4.99 Å². The van der Waals surface area contributed by atoms with Crippen LogP contribution in [0.25, 0.3) is 0 Å². The van der Waals surface area contributed by atoms with Crippen LogP contribution in [0.5, 0.6) is 0 Å². The Morgan fingerprint density at radius 1 is 1.88 bits per heavy atom. The van der Waals surface area contributed by atoms with Crippen molar-refractivity contribution < 1.29 is 4.18 Å². The number of nitriles is 1. The van der Waals surface area contributed by atoms with E-state index < -0.39 is 0 Å². The summed E-state index contributed by atoms with van der Waals surface area (Å²) in [5.41, 5.74) is 0. The second-order valence-corrected chi connectivity index (χ2v) is 1.48. The molecular formula is C4H6N2OS. The lowest BCUT2D eigenvalue weighted by atomic mass is 10.8. The van der Waals surface area contributed by atoms with E-state index in [2.05, 4.69) is 4.99 Å². The van der Waals surface area contributed by atoms with Crippen molar-refractivity contribution in [2.45, 2.75) is 6.92 Å². The van der Waals surface area contributed by atoms with Crippen LogP contribution in [0, 0.1) is 11.5 Å². The minimum atomic E-state index is 0.389. The minimum absolute atomic E-state index is 0.389. The van der Waals surface area contributed by atoms with Gasteiger partial charge >= 0.3 is 0 Å².